The molecule has 5 heteroatoms. The zero-order valence-corrected chi connectivity index (χ0v) is 8.22. The highest BCUT2D eigenvalue weighted by molar-refractivity contribution is 5.65. The molecule has 3 rings (SSSR count). The minimum absolute atomic E-state index is 0.269. The van der Waals surface area contributed by atoms with Crippen LogP contribution < -0.4 is 4.74 Å². The lowest BCUT2D eigenvalue weighted by Gasteiger charge is -2.09. The Kier molecular flexibility index (Phi) is 2.01. The molecule has 1 fully saturated rings. The molecule has 2 heterocycles. The van der Waals surface area contributed by atoms with E-state index in [2.05, 4.69) is 15.0 Å². The van der Waals surface area contributed by atoms with Crippen LogP contribution in [-0.2, 0) is 0 Å². The fourth-order valence-corrected chi connectivity index (χ4v) is 1.86. The molecule has 5 nitrogen and oxygen atoms in total. The van der Waals surface area contributed by atoms with Crippen molar-refractivity contribution in [3.63, 3.8) is 0 Å². The van der Waals surface area contributed by atoms with E-state index < -0.39 is 0 Å². The molecule has 0 aliphatic heterocycles. The molecule has 0 spiro atoms. The molecule has 0 saturated heterocycles. The summed E-state index contributed by atoms with van der Waals surface area (Å²) in [6.45, 7) is 0. The summed E-state index contributed by atoms with van der Waals surface area (Å²) in [5.74, 6) is 0. The SMILES string of the molecule is c1nc2cnc(OC3CCCC3)nc2o1. The standard InChI is InChI=1S/C10H11N3O2/c1-2-4-7(3-1)15-10-11-5-8-9(13-10)14-6-12-8/h5-7H,1-4H2. The van der Waals surface area contributed by atoms with Crippen LogP contribution in [0.3, 0.4) is 0 Å². The molecule has 1 aliphatic carbocycles. The summed E-state index contributed by atoms with van der Waals surface area (Å²) in [5.41, 5.74) is 1.15. The Morgan fingerprint density at radius 1 is 1.27 bits per heavy atom. The Morgan fingerprint density at radius 3 is 3.00 bits per heavy atom. The van der Waals surface area contributed by atoms with Crippen molar-refractivity contribution in [1.82, 2.24) is 15.0 Å². The average molecular weight is 205 g/mol. The maximum absolute atomic E-state index is 5.64. The van der Waals surface area contributed by atoms with E-state index in [-0.39, 0.29) is 6.10 Å². The van der Waals surface area contributed by atoms with Crippen LogP contribution in [0, 0.1) is 0 Å². The van der Waals surface area contributed by atoms with Gasteiger partial charge >= 0.3 is 6.01 Å². The van der Waals surface area contributed by atoms with E-state index in [9.17, 15) is 0 Å². The van der Waals surface area contributed by atoms with Gasteiger partial charge in [-0.15, -0.1) is 0 Å². The van der Waals surface area contributed by atoms with Gasteiger partial charge in [0.25, 0.3) is 5.71 Å². The number of oxazole rings is 1. The van der Waals surface area contributed by atoms with Crippen LogP contribution in [0.2, 0.25) is 0 Å². The van der Waals surface area contributed by atoms with Gasteiger partial charge in [-0.3, -0.25) is 0 Å². The van der Waals surface area contributed by atoms with Gasteiger partial charge in [-0.25, -0.2) is 9.97 Å². The second-order valence-corrected chi connectivity index (χ2v) is 3.72. The summed E-state index contributed by atoms with van der Waals surface area (Å²) in [4.78, 5) is 12.2. The Morgan fingerprint density at radius 2 is 2.13 bits per heavy atom. The second kappa shape index (κ2) is 3.49. The van der Waals surface area contributed by atoms with Gasteiger partial charge in [-0.1, -0.05) is 0 Å². The van der Waals surface area contributed by atoms with Gasteiger partial charge < -0.3 is 9.15 Å². The van der Waals surface area contributed by atoms with E-state index in [1.54, 1.807) is 6.20 Å². The third kappa shape index (κ3) is 1.65. The molecule has 0 atom stereocenters. The minimum Gasteiger partial charge on any atom is -0.460 e. The van der Waals surface area contributed by atoms with Crippen molar-refractivity contribution >= 4 is 11.2 Å². The Balaban J connectivity index is 1.84. The first-order valence-corrected chi connectivity index (χ1v) is 5.15. The first-order chi connectivity index (χ1) is 7.42. The van der Waals surface area contributed by atoms with E-state index in [0.717, 1.165) is 12.8 Å². The van der Waals surface area contributed by atoms with Crippen LogP contribution in [0.15, 0.2) is 17.0 Å². The Labute approximate surface area is 86.5 Å². The summed E-state index contributed by atoms with van der Waals surface area (Å²) in [7, 11) is 0. The zero-order chi connectivity index (χ0) is 10.1. The molecule has 2 aromatic heterocycles. The number of ether oxygens (including phenoxy) is 1. The molecule has 1 aliphatic rings. The molecule has 2 aromatic rings. The lowest BCUT2D eigenvalue weighted by atomic mass is 10.3. The van der Waals surface area contributed by atoms with E-state index in [4.69, 9.17) is 9.15 Å². The van der Waals surface area contributed by atoms with E-state index in [1.807, 2.05) is 0 Å². The van der Waals surface area contributed by atoms with Gasteiger partial charge in [0.2, 0.25) is 0 Å². The molecule has 1 saturated carbocycles. The van der Waals surface area contributed by atoms with Crippen molar-refractivity contribution < 1.29 is 9.15 Å². The monoisotopic (exact) mass is 205 g/mol. The molecule has 0 aromatic carbocycles. The van der Waals surface area contributed by atoms with Gasteiger partial charge in [0.15, 0.2) is 6.39 Å². The highest BCUT2D eigenvalue weighted by Gasteiger charge is 2.18. The normalized spacial score (nSPS) is 17.3. The van der Waals surface area contributed by atoms with E-state index in [1.165, 1.54) is 19.2 Å². The molecule has 0 amide bonds. The van der Waals surface area contributed by atoms with Crippen molar-refractivity contribution in [3.8, 4) is 6.01 Å². The van der Waals surface area contributed by atoms with Gasteiger partial charge in [0.05, 0.1) is 6.20 Å². The van der Waals surface area contributed by atoms with Gasteiger partial charge in [-0.05, 0) is 25.7 Å². The summed E-state index contributed by atoms with van der Waals surface area (Å²) in [6, 6.07) is 0.395. The molecule has 0 unspecified atom stereocenters. The molecule has 78 valence electrons. The molecular formula is C10H11N3O2. The zero-order valence-electron chi connectivity index (χ0n) is 8.22. The van der Waals surface area contributed by atoms with Crippen LogP contribution in [0.4, 0.5) is 0 Å². The number of aromatic nitrogens is 3. The minimum atomic E-state index is 0.269. The Hall–Kier alpha value is -1.65. The quantitative estimate of drug-likeness (QED) is 0.749. The molecular weight excluding hydrogens is 194 g/mol. The molecule has 0 radical (unpaired) electrons. The van der Waals surface area contributed by atoms with E-state index >= 15 is 0 Å². The fourth-order valence-electron chi connectivity index (χ4n) is 1.86. The maximum atomic E-state index is 5.64. The number of fused-ring (bicyclic) bond motifs is 1. The lowest BCUT2D eigenvalue weighted by molar-refractivity contribution is 0.192. The first-order valence-electron chi connectivity index (χ1n) is 5.15. The third-order valence-corrected chi connectivity index (χ3v) is 2.64. The van der Waals surface area contributed by atoms with Crippen molar-refractivity contribution in [2.24, 2.45) is 0 Å². The predicted octanol–water partition coefficient (Wildman–Crippen LogP) is 1.94. The number of hydrogen-bond donors (Lipinski definition) is 0. The van der Waals surface area contributed by atoms with Crippen molar-refractivity contribution in [2.75, 3.05) is 0 Å². The second-order valence-electron chi connectivity index (χ2n) is 3.72. The largest absolute Gasteiger partial charge is 0.460 e. The van der Waals surface area contributed by atoms with Crippen LogP contribution in [0.1, 0.15) is 25.7 Å². The van der Waals surface area contributed by atoms with Crippen molar-refractivity contribution in [2.45, 2.75) is 31.8 Å². The molecule has 15 heavy (non-hydrogen) atoms. The number of rotatable bonds is 2. The summed E-state index contributed by atoms with van der Waals surface area (Å²) < 4.78 is 10.7. The van der Waals surface area contributed by atoms with Crippen molar-refractivity contribution in [1.29, 1.82) is 0 Å². The lowest BCUT2D eigenvalue weighted by Crippen LogP contribution is -2.12. The van der Waals surface area contributed by atoms with Crippen LogP contribution in [-0.4, -0.2) is 21.1 Å². The highest BCUT2D eigenvalue weighted by atomic mass is 16.5. The van der Waals surface area contributed by atoms with Crippen molar-refractivity contribution in [3.05, 3.63) is 12.6 Å². The van der Waals surface area contributed by atoms with E-state index in [0.29, 0.717) is 17.2 Å². The summed E-state index contributed by atoms with van der Waals surface area (Å²) >= 11 is 0. The maximum Gasteiger partial charge on any atom is 0.320 e. The van der Waals surface area contributed by atoms with Gasteiger partial charge in [-0.2, -0.15) is 4.98 Å². The average Bonchev–Trinajstić information content (AvgIpc) is 2.87. The van der Waals surface area contributed by atoms with Crippen LogP contribution >= 0.6 is 0 Å². The van der Waals surface area contributed by atoms with Gasteiger partial charge in [0, 0.05) is 0 Å². The predicted molar refractivity (Wildman–Crippen MR) is 52.5 cm³/mol. The number of nitrogens with zero attached hydrogens (tertiary/aromatic N) is 3. The fraction of sp³-hybridized carbons (Fsp3) is 0.500. The number of hydrogen-bond acceptors (Lipinski definition) is 5. The smallest absolute Gasteiger partial charge is 0.320 e. The topological polar surface area (TPSA) is 61.0 Å². The summed E-state index contributed by atoms with van der Waals surface area (Å²) in [5, 5.41) is 0. The third-order valence-electron chi connectivity index (χ3n) is 2.64. The van der Waals surface area contributed by atoms with Crippen LogP contribution in [0.25, 0.3) is 11.2 Å². The molecule has 0 bridgehead atoms. The Bertz CT molecular complexity index is 462. The van der Waals surface area contributed by atoms with Gasteiger partial charge in [0.1, 0.15) is 11.6 Å². The molecule has 0 N–H and O–H groups in total. The first kappa shape index (κ1) is 8.64. The summed E-state index contributed by atoms with van der Waals surface area (Å²) in [6.07, 6.45) is 7.90. The van der Waals surface area contributed by atoms with Crippen LogP contribution in [0.5, 0.6) is 6.01 Å². The highest BCUT2D eigenvalue weighted by Crippen LogP contribution is 2.22.